The molecule has 1 aromatic heterocycles. The summed E-state index contributed by atoms with van der Waals surface area (Å²) in [6.07, 6.45) is 7.10. The average Bonchev–Trinajstić information content (AvgIpc) is 3.68. The molecule has 0 saturated carbocycles. The number of benzene rings is 6. The molecule has 0 amide bonds. The van der Waals surface area contributed by atoms with Crippen molar-refractivity contribution in [2.24, 2.45) is 0 Å². The maximum Gasteiger partial charge on any atom is 0.0647 e. The minimum absolute atomic E-state index is 0.0411. The number of fused-ring (bicyclic) bond motifs is 4. The van der Waals surface area contributed by atoms with Crippen LogP contribution < -0.4 is 9.80 Å². The number of hydrogen-bond donors (Lipinski definition) is 0. The quantitative estimate of drug-likeness (QED) is 0.157. The van der Waals surface area contributed by atoms with Crippen LogP contribution in [-0.2, 0) is 32.5 Å². The highest BCUT2D eigenvalue weighted by molar-refractivity contribution is 7.17. The van der Waals surface area contributed by atoms with Crippen molar-refractivity contribution >= 4 is 55.5 Å². The van der Waals surface area contributed by atoms with Crippen LogP contribution in [0.1, 0.15) is 166 Å². The van der Waals surface area contributed by atoms with Gasteiger partial charge in [0, 0.05) is 43.8 Å². The molecule has 0 unspecified atom stereocenters. The maximum absolute atomic E-state index is 2.62. The summed E-state index contributed by atoms with van der Waals surface area (Å²) >= 11 is 1.90. The predicted molar refractivity (Wildman–Crippen MR) is 292 cm³/mol. The predicted octanol–water partition coefficient (Wildman–Crippen LogP) is 19.2. The van der Waals surface area contributed by atoms with Gasteiger partial charge >= 0.3 is 0 Å². The van der Waals surface area contributed by atoms with E-state index in [1.165, 1.54) is 126 Å². The molecule has 6 aromatic carbocycles. The zero-order valence-electron chi connectivity index (χ0n) is 43.1. The van der Waals surface area contributed by atoms with Crippen LogP contribution in [0.3, 0.4) is 0 Å². The molecule has 0 spiro atoms. The SMILES string of the molecule is Cc1cccc(N(c2cc(C)cc(N(c3ccc4c(c3)C(C)(C)CCC4(C)C)c3csc4cc5c(cc34)C(C)(C)CCC5(C)C)c2)c2cc3c(cc2-c2ccccc2)C(C)(C)CCC3(C)C)c1. The highest BCUT2D eigenvalue weighted by Crippen LogP contribution is 2.55. The number of aryl methyl sites for hydroxylation is 2. The Kier molecular flexibility index (Phi) is 10.7. The third-order valence-electron chi connectivity index (χ3n) is 17.0. The van der Waals surface area contributed by atoms with Crippen LogP contribution in [0.15, 0.2) is 121 Å². The molecule has 2 nitrogen and oxygen atoms in total. The second-order valence-corrected chi connectivity index (χ2v) is 25.8. The molecule has 0 fully saturated rings. The third kappa shape index (κ3) is 7.86. The molecule has 1 heterocycles. The summed E-state index contributed by atoms with van der Waals surface area (Å²) in [5, 5.41) is 3.79. The van der Waals surface area contributed by atoms with Gasteiger partial charge in [0.15, 0.2) is 0 Å². The Morgan fingerprint density at radius 3 is 1.43 bits per heavy atom. The summed E-state index contributed by atoms with van der Waals surface area (Å²) in [6, 6.07) is 45.3. The standard InChI is InChI=1S/C64H74N2S/c1-41-19-18-22-44(31-41)65(56-38-54-52(61(7,8)27-29-63(54,11)12)36-48(56)43-20-16-15-17-21-43)46-32-42(2)33-47(34-46)66(45-23-24-50-51(35-45)60(5,6)26-25-59(50,3)4)57-40-67-58-39-55-53(37-49(57)58)62(9,10)28-30-64(55,13)14/h15-24,31-40H,25-30H2,1-14H3. The smallest absolute Gasteiger partial charge is 0.0647 e. The van der Waals surface area contributed by atoms with Crippen molar-refractivity contribution in [2.45, 2.75) is 168 Å². The first-order chi connectivity index (χ1) is 31.5. The minimum Gasteiger partial charge on any atom is -0.310 e. The van der Waals surface area contributed by atoms with E-state index in [1.54, 1.807) is 0 Å². The molecule has 0 radical (unpaired) electrons. The van der Waals surface area contributed by atoms with Gasteiger partial charge in [0.25, 0.3) is 0 Å². The van der Waals surface area contributed by atoms with Crippen LogP contribution in [0.25, 0.3) is 21.2 Å². The van der Waals surface area contributed by atoms with Gasteiger partial charge in [-0.15, -0.1) is 11.3 Å². The summed E-state index contributed by atoms with van der Waals surface area (Å²) in [5.74, 6) is 0. The summed E-state index contributed by atoms with van der Waals surface area (Å²) in [4.78, 5) is 5.19. The number of nitrogens with zero attached hydrogens (tertiary/aromatic N) is 2. The molecule has 67 heavy (non-hydrogen) atoms. The minimum atomic E-state index is 0.0411. The van der Waals surface area contributed by atoms with Crippen molar-refractivity contribution in [3.05, 3.63) is 165 Å². The topological polar surface area (TPSA) is 6.48 Å². The number of rotatable bonds is 7. The molecule has 0 N–H and O–H groups in total. The van der Waals surface area contributed by atoms with Gasteiger partial charge in [-0.1, -0.05) is 132 Å². The fourth-order valence-corrected chi connectivity index (χ4v) is 13.2. The largest absolute Gasteiger partial charge is 0.310 e. The average molecular weight is 903 g/mol. The molecule has 7 aromatic rings. The van der Waals surface area contributed by atoms with Crippen molar-refractivity contribution in [3.8, 4) is 11.1 Å². The lowest BCUT2D eigenvalue weighted by Gasteiger charge is -2.43. The van der Waals surface area contributed by atoms with Crippen LogP contribution in [0.5, 0.6) is 0 Å². The van der Waals surface area contributed by atoms with Crippen LogP contribution >= 0.6 is 11.3 Å². The van der Waals surface area contributed by atoms with Gasteiger partial charge in [0.2, 0.25) is 0 Å². The van der Waals surface area contributed by atoms with E-state index in [-0.39, 0.29) is 32.5 Å². The Balaban J connectivity index is 1.26. The molecule has 3 aliphatic carbocycles. The van der Waals surface area contributed by atoms with Crippen LogP contribution in [-0.4, -0.2) is 0 Å². The van der Waals surface area contributed by atoms with Crippen LogP contribution in [0.2, 0.25) is 0 Å². The molecular formula is C64H74N2S. The van der Waals surface area contributed by atoms with Gasteiger partial charge in [-0.25, -0.2) is 0 Å². The summed E-state index contributed by atoms with van der Waals surface area (Å²) in [7, 11) is 0. The van der Waals surface area contributed by atoms with Gasteiger partial charge in [-0.2, -0.15) is 0 Å². The highest BCUT2D eigenvalue weighted by atomic mass is 32.1. The Labute approximate surface area is 407 Å². The first-order valence-electron chi connectivity index (χ1n) is 25.2. The molecule has 3 heteroatoms. The van der Waals surface area contributed by atoms with E-state index in [2.05, 4.69) is 227 Å². The molecule has 10 rings (SSSR count). The Morgan fingerprint density at radius 1 is 0.373 bits per heavy atom. The summed E-state index contributed by atoms with van der Waals surface area (Å²) < 4.78 is 1.37. The van der Waals surface area contributed by atoms with Gasteiger partial charge in [0.05, 0.1) is 11.4 Å². The number of anilines is 6. The molecule has 0 aliphatic heterocycles. The van der Waals surface area contributed by atoms with E-state index in [9.17, 15) is 0 Å². The van der Waals surface area contributed by atoms with Gasteiger partial charge < -0.3 is 9.80 Å². The fraction of sp³-hybridized carbons (Fsp3) is 0.406. The van der Waals surface area contributed by atoms with Crippen LogP contribution in [0.4, 0.5) is 34.1 Å². The first kappa shape index (κ1) is 45.7. The zero-order chi connectivity index (χ0) is 47.6. The fourth-order valence-electron chi connectivity index (χ4n) is 12.2. The second kappa shape index (κ2) is 15.7. The molecular weight excluding hydrogens is 829 g/mol. The van der Waals surface area contributed by atoms with Gasteiger partial charge in [-0.05, 0) is 202 Å². The van der Waals surface area contributed by atoms with E-state index in [0.717, 1.165) is 12.1 Å². The van der Waals surface area contributed by atoms with E-state index >= 15 is 0 Å². The first-order valence-corrected chi connectivity index (χ1v) is 26.1. The van der Waals surface area contributed by atoms with Crippen molar-refractivity contribution in [3.63, 3.8) is 0 Å². The Morgan fingerprint density at radius 2 is 0.851 bits per heavy atom. The molecule has 0 atom stereocenters. The molecule has 0 saturated heterocycles. The lowest BCUT2D eigenvalue weighted by molar-refractivity contribution is 0.332. The van der Waals surface area contributed by atoms with Crippen molar-refractivity contribution < 1.29 is 0 Å². The van der Waals surface area contributed by atoms with Gasteiger partial charge in [-0.3, -0.25) is 0 Å². The number of thiophene rings is 1. The van der Waals surface area contributed by atoms with E-state index in [0.29, 0.717) is 0 Å². The van der Waals surface area contributed by atoms with Crippen molar-refractivity contribution in [2.75, 3.05) is 9.80 Å². The highest BCUT2D eigenvalue weighted by Gasteiger charge is 2.41. The van der Waals surface area contributed by atoms with Crippen molar-refractivity contribution in [1.82, 2.24) is 0 Å². The normalized spacial score (nSPS) is 19.3. The molecule has 346 valence electrons. The molecule has 3 aliphatic rings. The van der Waals surface area contributed by atoms with E-state index < -0.39 is 0 Å². The maximum atomic E-state index is 2.62. The zero-order valence-corrected chi connectivity index (χ0v) is 43.9. The summed E-state index contributed by atoms with van der Waals surface area (Å²) in [5.41, 5.74) is 21.7. The van der Waals surface area contributed by atoms with Crippen molar-refractivity contribution in [1.29, 1.82) is 0 Å². The second-order valence-electron chi connectivity index (χ2n) is 24.9. The number of hydrogen-bond acceptors (Lipinski definition) is 3. The lowest BCUT2D eigenvalue weighted by atomic mass is 9.62. The van der Waals surface area contributed by atoms with Crippen LogP contribution in [0, 0.1) is 13.8 Å². The van der Waals surface area contributed by atoms with E-state index in [1.807, 2.05) is 11.3 Å². The lowest BCUT2D eigenvalue weighted by Crippen LogP contribution is -2.34. The monoisotopic (exact) mass is 903 g/mol. The molecule has 0 bridgehead atoms. The Hall–Kier alpha value is -5.12. The van der Waals surface area contributed by atoms with E-state index in [4.69, 9.17) is 0 Å². The Bertz CT molecular complexity index is 3060. The third-order valence-corrected chi connectivity index (χ3v) is 17.9. The summed E-state index contributed by atoms with van der Waals surface area (Å²) in [6.45, 7) is 34.0. The van der Waals surface area contributed by atoms with Gasteiger partial charge in [0.1, 0.15) is 0 Å².